The maximum Gasteiger partial charge on any atom is 0.319 e. The van der Waals surface area contributed by atoms with Crippen molar-refractivity contribution in [3.05, 3.63) is 26.8 Å². The smallest absolute Gasteiger partial charge is 0.319 e. The van der Waals surface area contributed by atoms with Crippen molar-refractivity contribution in [3.63, 3.8) is 0 Å². The van der Waals surface area contributed by atoms with E-state index in [4.69, 9.17) is 15.7 Å². The molecule has 104 valence electrons. The first-order chi connectivity index (χ1) is 9.38. The average Bonchev–Trinajstić information content (AvgIpc) is 2.38. The molecule has 4 N–H and O–H groups in total. The van der Waals surface area contributed by atoms with Gasteiger partial charge in [0.05, 0.1) is 10.7 Å². The molecule has 1 rings (SSSR count). The van der Waals surface area contributed by atoms with Crippen molar-refractivity contribution in [3.8, 4) is 17.6 Å². The minimum absolute atomic E-state index is 0.0367. The van der Waals surface area contributed by atoms with E-state index in [1.165, 1.54) is 19.3 Å². The van der Waals surface area contributed by atoms with Gasteiger partial charge in [0.15, 0.2) is 11.5 Å². The molecular weight excluding hydrogens is 377 g/mol. The molecule has 0 radical (unpaired) electrons. The number of phenolic OH excluding ortho intramolecular Hbond substituents is 1. The third kappa shape index (κ3) is 3.86. The van der Waals surface area contributed by atoms with Crippen LogP contribution in [0.4, 0.5) is 4.79 Å². The zero-order valence-electron chi connectivity index (χ0n) is 10.3. The van der Waals surface area contributed by atoms with Crippen LogP contribution in [0.1, 0.15) is 5.56 Å². The first-order valence-electron chi connectivity index (χ1n) is 5.18. The number of methoxy groups -OCH3 is 1. The molecule has 0 aromatic heterocycles. The lowest BCUT2D eigenvalue weighted by atomic mass is 10.1. The fourth-order valence-electron chi connectivity index (χ4n) is 1.33. The molecule has 7 nitrogen and oxygen atoms in total. The van der Waals surface area contributed by atoms with Crippen LogP contribution >= 0.6 is 22.6 Å². The van der Waals surface area contributed by atoms with E-state index in [0.29, 0.717) is 9.13 Å². The molecule has 0 unspecified atom stereocenters. The SMILES string of the molecule is COc1cc(C=C(C#N)C(=O)NC(N)=O)cc(I)c1O. The highest BCUT2D eigenvalue weighted by Crippen LogP contribution is 2.33. The van der Waals surface area contributed by atoms with Gasteiger partial charge in [-0.3, -0.25) is 10.1 Å². The lowest BCUT2D eigenvalue weighted by Gasteiger charge is -2.07. The summed E-state index contributed by atoms with van der Waals surface area (Å²) in [4.78, 5) is 22.1. The third-order valence-corrected chi connectivity index (χ3v) is 3.01. The molecule has 1 aromatic carbocycles. The Balaban J connectivity index is 3.20. The van der Waals surface area contributed by atoms with Crippen molar-refractivity contribution in [1.82, 2.24) is 5.32 Å². The molecule has 0 aliphatic heterocycles. The molecular formula is C12H10IN3O4. The monoisotopic (exact) mass is 387 g/mol. The van der Waals surface area contributed by atoms with E-state index >= 15 is 0 Å². The highest BCUT2D eigenvalue weighted by molar-refractivity contribution is 14.1. The number of imide groups is 1. The number of hydrogen-bond acceptors (Lipinski definition) is 5. The number of nitrogens with two attached hydrogens (primary N) is 1. The molecule has 0 spiro atoms. The zero-order valence-corrected chi connectivity index (χ0v) is 12.5. The van der Waals surface area contributed by atoms with Gasteiger partial charge < -0.3 is 15.6 Å². The molecule has 0 aliphatic carbocycles. The number of ether oxygens (including phenoxy) is 1. The number of halogens is 1. The molecule has 8 heteroatoms. The number of nitriles is 1. The van der Waals surface area contributed by atoms with Crippen molar-refractivity contribution < 1.29 is 19.4 Å². The zero-order chi connectivity index (χ0) is 15.3. The van der Waals surface area contributed by atoms with E-state index in [0.717, 1.165) is 0 Å². The van der Waals surface area contributed by atoms with Crippen LogP contribution in [-0.2, 0) is 4.79 Å². The van der Waals surface area contributed by atoms with E-state index in [1.807, 2.05) is 22.6 Å². The van der Waals surface area contributed by atoms with Crippen LogP contribution in [0.5, 0.6) is 11.5 Å². The van der Waals surface area contributed by atoms with Crippen LogP contribution in [0.3, 0.4) is 0 Å². The topological polar surface area (TPSA) is 125 Å². The number of carbonyl (C=O) groups is 2. The maximum atomic E-state index is 11.5. The number of aromatic hydroxyl groups is 1. The fourth-order valence-corrected chi connectivity index (χ4v) is 1.95. The Morgan fingerprint density at radius 1 is 1.55 bits per heavy atom. The second-order valence-corrected chi connectivity index (χ2v) is 4.70. The van der Waals surface area contributed by atoms with Gasteiger partial charge in [-0.05, 0) is 46.4 Å². The summed E-state index contributed by atoms with van der Waals surface area (Å²) in [6.45, 7) is 0. The summed E-state index contributed by atoms with van der Waals surface area (Å²) in [6.07, 6.45) is 1.25. The standard InChI is InChI=1S/C12H10IN3O4/c1-20-9-4-6(3-8(13)10(9)17)2-7(5-14)11(18)16-12(15)19/h2-4,17H,1H3,(H3,15,16,18,19). The molecule has 1 aromatic rings. The van der Waals surface area contributed by atoms with Gasteiger partial charge in [-0.2, -0.15) is 5.26 Å². The van der Waals surface area contributed by atoms with E-state index in [-0.39, 0.29) is 17.1 Å². The van der Waals surface area contributed by atoms with Crippen molar-refractivity contribution in [2.45, 2.75) is 0 Å². The highest BCUT2D eigenvalue weighted by atomic mass is 127. The second kappa shape index (κ2) is 6.76. The summed E-state index contributed by atoms with van der Waals surface area (Å²) < 4.78 is 5.45. The highest BCUT2D eigenvalue weighted by Gasteiger charge is 2.13. The quantitative estimate of drug-likeness (QED) is 0.407. The summed E-state index contributed by atoms with van der Waals surface area (Å²) in [5.41, 5.74) is 4.97. The Labute approximate surface area is 128 Å². The Bertz CT molecular complexity index is 634. The third-order valence-electron chi connectivity index (χ3n) is 2.18. The van der Waals surface area contributed by atoms with E-state index in [9.17, 15) is 14.7 Å². The number of nitrogens with one attached hydrogen (secondary N) is 1. The van der Waals surface area contributed by atoms with Gasteiger partial charge in [0.2, 0.25) is 0 Å². The average molecular weight is 387 g/mol. The second-order valence-electron chi connectivity index (χ2n) is 3.54. The number of rotatable bonds is 3. The molecule has 0 bridgehead atoms. The van der Waals surface area contributed by atoms with Crippen LogP contribution < -0.4 is 15.8 Å². The van der Waals surface area contributed by atoms with Crippen molar-refractivity contribution in [2.24, 2.45) is 5.73 Å². The largest absolute Gasteiger partial charge is 0.504 e. The number of amides is 3. The molecule has 0 atom stereocenters. The minimum Gasteiger partial charge on any atom is -0.504 e. The van der Waals surface area contributed by atoms with Crippen molar-refractivity contribution in [2.75, 3.05) is 7.11 Å². The molecule has 0 fully saturated rings. The Kier molecular flexibility index (Phi) is 5.33. The number of benzene rings is 1. The van der Waals surface area contributed by atoms with Gasteiger partial charge >= 0.3 is 6.03 Å². The Morgan fingerprint density at radius 2 is 2.20 bits per heavy atom. The van der Waals surface area contributed by atoms with Crippen LogP contribution in [0, 0.1) is 14.9 Å². The van der Waals surface area contributed by atoms with Gasteiger partial charge in [0.25, 0.3) is 5.91 Å². The van der Waals surface area contributed by atoms with Gasteiger partial charge in [-0.25, -0.2) is 4.79 Å². The fraction of sp³-hybridized carbons (Fsp3) is 0.0833. The summed E-state index contributed by atoms with van der Waals surface area (Å²) >= 11 is 1.88. The lowest BCUT2D eigenvalue weighted by Crippen LogP contribution is -2.35. The number of nitrogens with zero attached hydrogens (tertiary/aromatic N) is 1. The summed E-state index contributed by atoms with van der Waals surface area (Å²) in [6, 6.07) is 3.62. The first kappa shape index (κ1) is 15.8. The summed E-state index contributed by atoms with van der Waals surface area (Å²) in [5.74, 6) is -0.733. The van der Waals surface area contributed by atoms with Crippen LogP contribution in [-0.4, -0.2) is 24.2 Å². The molecule has 20 heavy (non-hydrogen) atoms. The molecule has 0 heterocycles. The van der Waals surface area contributed by atoms with Gasteiger partial charge in [0.1, 0.15) is 11.6 Å². The van der Waals surface area contributed by atoms with Crippen molar-refractivity contribution >= 4 is 40.6 Å². The predicted octanol–water partition coefficient (Wildman–Crippen LogP) is 1.11. The summed E-state index contributed by atoms with van der Waals surface area (Å²) in [5, 5.41) is 20.4. The normalized spacial score (nSPS) is 10.6. The number of hydrogen-bond donors (Lipinski definition) is 3. The molecule has 3 amide bonds. The first-order valence-corrected chi connectivity index (χ1v) is 6.26. The van der Waals surface area contributed by atoms with Crippen LogP contribution in [0.2, 0.25) is 0 Å². The Hall–Kier alpha value is -2.28. The maximum absolute atomic E-state index is 11.5. The molecule has 0 aliphatic rings. The number of carbonyl (C=O) groups excluding carboxylic acids is 2. The summed E-state index contributed by atoms with van der Waals surface area (Å²) in [7, 11) is 1.38. The van der Waals surface area contributed by atoms with E-state index in [1.54, 1.807) is 17.5 Å². The van der Waals surface area contributed by atoms with Gasteiger partial charge in [-0.15, -0.1) is 0 Å². The minimum atomic E-state index is -1.05. The van der Waals surface area contributed by atoms with Gasteiger partial charge in [-0.1, -0.05) is 0 Å². The predicted molar refractivity (Wildman–Crippen MR) is 78.7 cm³/mol. The number of primary amides is 1. The number of urea groups is 1. The van der Waals surface area contributed by atoms with Crippen LogP contribution in [0.15, 0.2) is 17.7 Å². The molecule has 0 saturated carbocycles. The lowest BCUT2D eigenvalue weighted by molar-refractivity contribution is -0.115. The molecule has 0 saturated heterocycles. The van der Waals surface area contributed by atoms with Crippen LogP contribution in [0.25, 0.3) is 6.08 Å². The van der Waals surface area contributed by atoms with Gasteiger partial charge in [0, 0.05) is 0 Å². The van der Waals surface area contributed by atoms with E-state index < -0.39 is 11.9 Å². The number of phenols is 1. The van der Waals surface area contributed by atoms with Crippen molar-refractivity contribution in [1.29, 1.82) is 5.26 Å². The van der Waals surface area contributed by atoms with E-state index in [2.05, 4.69) is 0 Å². The Morgan fingerprint density at radius 3 is 2.70 bits per heavy atom.